The molecule has 0 bridgehead atoms. The lowest BCUT2D eigenvalue weighted by Gasteiger charge is -2.38. The van der Waals surface area contributed by atoms with Crippen LogP contribution in [0.2, 0.25) is 0 Å². The molecular weight excluding hydrogens is 198 g/mol. The second-order valence-electron chi connectivity index (χ2n) is 3.94. The van der Waals surface area contributed by atoms with Crippen molar-refractivity contribution in [2.75, 3.05) is 5.73 Å². The minimum atomic E-state index is -0.111. The molecule has 1 aromatic heterocycles. The van der Waals surface area contributed by atoms with E-state index in [-0.39, 0.29) is 11.4 Å². The smallest absolute Gasteiger partial charge is 0.271 e. The number of nitrogens with two attached hydrogens (primary N) is 1. The first-order chi connectivity index (χ1) is 6.59. The van der Waals surface area contributed by atoms with E-state index in [1.807, 2.05) is 0 Å². The van der Waals surface area contributed by atoms with Crippen molar-refractivity contribution in [2.24, 2.45) is 0 Å². The first-order valence-corrected chi connectivity index (χ1v) is 5.51. The van der Waals surface area contributed by atoms with Gasteiger partial charge in [0.15, 0.2) is 5.13 Å². The van der Waals surface area contributed by atoms with Crippen LogP contribution in [0.25, 0.3) is 0 Å². The van der Waals surface area contributed by atoms with E-state index in [1.165, 1.54) is 17.8 Å². The van der Waals surface area contributed by atoms with E-state index >= 15 is 0 Å². The summed E-state index contributed by atoms with van der Waals surface area (Å²) in [5.41, 5.74) is 5.87. The molecule has 1 aliphatic rings. The van der Waals surface area contributed by atoms with Gasteiger partial charge in [0, 0.05) is 10.9 Å². The Bertz CT molecular complexity index is 357. The Hall–Kier alpha value is -1.10. The molecule has 0 aromatic carbocycles. The molecule has 76 valence electrons. The SMILES string of the molecule is CC1(NC(=O)c2csc(N)n2)CCC1. The highest BCUT2D eigenvalue weighted by Gasteiger charge is 2.33. The second kappa shape index (κ2) is 3.24. The van der Waals surface area contributed by atoms with Gasteiger partial charge in [-0.15, -0.1) is 11.3 Å². The molecule has 0 radical (unpaired) electrons. The van der Waals surface area contributed by atoms with Crippen LogP contribution in [0.4, 0.5) is 5.13 Å². The summed E-state index contributed by atoms with van der Waals surface area (Å²) in [6.45, 7) is 2.06. The van der Waals surface area contributed by atoms with Gasteiger partial charge in [-0.25, -0.2) is 4.98 Å². The topological polar surface area (TPSA) is 68.0 Å². The van der Waals surface area contributed by atoms with Crippen LogP contribution in [0.5, 0.6) is 0 Å². The molecule has 1 heterocycles. The number of carbonyl (C=O) groups excluding carboxylic acids is 1. The summed E-state index contributed by atoms with van der Waals surface area (Å²) in [5.74, 6) is -0.111. The molecule has 5 heteroatoms. The molecular formula is C9H13N3OS. The molecule has 3 N–H and O–H groups in total. The van der Waals surface area contributed by atoms with Crippen LogP contribution in [-0.2, 0) is 0 Å². The highest BCUT2D eigenvalue weighted by Crippen LogP contribution is 2.31. The highest BCUT2D eigenvalue weighted by atomic mass is 32.1. The van der Waals surface area contributed by atoms with E-state index in [0.29, 0.717) is 10.8 Å². The predicted octanol–water partition coefficient (Wildman–Crippen LogP) is 1.40. The van der Waals surface area contributed by atoms with Crippen LogP contribution in [0, 0.1) is 0 Å². The van der Waals surface area contributed by atoms with Crippen molar-refractivity contribution in [3.8, 4) is 0 Å². The molecule has 14 heavy (non-hydrogen) atoms. The maximum atomic E-state index is 11.6. The van der Waals surface area contributed by atoms with Crippen LogP contribution in [0.3, 0.4) is 0 Å². The molecule has 0 atom stereocenters. The number of nitrogens with one attached hydrogen (secondary N) is 1. The maximum absolute atomic E-state index is 11.6. The highest BCUT2D eigenvalue weighted by molar-refractivity contribution is 7.13. The third-order valence-electron chi connectivity index (χ3n) is 2.63. The number of carbonyl (C=O) groups is 1. The lowest BCUT2D eigenvalue weighted by Crippen LogP contribution is -2.51. The zero-order valence-corrected chi connectivity index (χ0v) is 8.86. The summed E-state index contributed by atoms with van der Waals surface area (Å²) < 4.78 is 0. The first kappa shape index (κ1) is 9.45. The molecule has 0 unspecified atom stereocenters. The number of nitrogen functional groups attached to an aromatic ring is 1. The largest absolute Gasteiger partial charge is 0.375 e. The average molecular weight is 211 g/mol. The number of thiazole rings is 1. The minimum absolute atomic E-state index is 0.0184. The minimum Gasteiger partial charge on any atom is -0.375 e. The number of amides is 1. The van der Waals surface area contributed by atoms with Crippen LogP contribution in [0.15, 0.2) is 5.38 Å². The molecule has 1 aromatic rings. The molecule has 1 fully saturated rings. The van der Waals surface area contributed by atoms with Gasteiger partial charge in [0.1, 0.15) is 5.69 Å². The summed E-state index contributed by atoms with van der Waals surface area (Å²) in [7, 11) is 0. The van der Waals surface area contributed by atoms with Gasteiger partial charge < -0.3 is 11.1 Å². The van der Waals surface area contributed by atoms with Gasteiger partial charge in [-0.3, -0.25) is 4.79 Å². The molecule has 4 nitrogen and oxygen atoms in total. The number of anilines is 1. The Morgan fingerprint density at radius 2 is 2.43 bits per heavy atom. The summed E-state index contributed by atoms with van der Waals surface area (Å²) in [4.78, 5) is 15.6. The lowest BCUT2D eigenvalue weighted by molar-refractivity contribution is 0.0846. The fourth-order valence-electron chi connectivity index (χ4n) is 1.56. The second-order valence-corrected chi connectivity index (χ2v) is 4.83. The Morgan fingerprint density at radius 3 is 2.86 bits per heavy atom. The van der Waals surface area contributed by atoms with E-state index in [0.717, 1.165) is 12.8 Å². The number of aromatic nitrogens is 1. The summed E-state index contributed by atoms with van der Waals surface area (Å²) in [5, 5.41) is 5.10. The Balaban J connectivity index is 2.02. The average Bonchev–Trinajstić information content (AvgIpc) is 2.49. The van der Waals surface area contributed by atoms with Crippen LogP contribution < -0.4 is 11.1 Å². The Labute approximate surface area is 86.5 Å². The van der Waals surface area contributed by atoms with Gasteiger partial charge in [-0.05, 0) is 26.2 Å². The van der Waals surface area contributed by atoms with Gasteiger partial charge in [0.05, 0.1) is 0 Å². The van der Waals surface area contributed by atoms with Gasteiger partial charge >= 0.3 is 0 Å². The van der Waals surface area contributed by atoms with Crippen molar-refractivity contribution in [1.29, 1.82) is 0 Å². The summed E-state index contributed by atoms with van der Waals surface area (Å²) in [6.07, 6.45) is 3.30. The molecule has 0 saturated heterocycles. The summed E-state index contributed by atoms with van der Waals surface area (Å²) in [6, 6.07) is 0. The quantitative estimate of drug-likeness (QED) is 0.777. The predicted molar refractivity (Wildman–Crippen MR) is 56.2 cm³/mol. The van der Waals surface area contributed by atoms with E-state index in [1.54, 1.807) is 5.38 Å². The van der Waals surface area contributed by atoms with Gasteiger partial charge in [-0.1, -0.05) is 0 Å². The molecule has 0 aliphatic heterocycles. The third-order valence-corrected chi connectivity index (χ3v) is 3.30. The standard InChI is InChI=1S/C9H13N3OS/c1-9(3-2-4-9)12-7(13)6-5-14-8(10)11-6/h5H,2-4H2,1H3,(H2,10,11)(H,12,13). The Morgan fingerprint density at radius 1 is 1.71 bits per heavy atom. The maximum Gasteiger partial charge on any atom is 0.271 e. The van der Waals surface area contributed by atoms with Crippen molar-refractivity contribution in [1.82, 2.24) is 10.3 Å². The zero-order chi connectivity index (χ0) is 10.2. The number of rotatable bonds is 2. The van der Waals surface area contributed by atoms with E-state index in [9.17, 15) is 4.79 Å². The lowest BCUT2D eigenvalue weighted by atomic mass is 9.78. The molecule has 1 saturated carbocycles. The fourth-order valence-corrected chi connectivity index (χ4v) is 2.11. The molecule has 2 rings (SSSR count). The number of hydrogen-bond acceptors (Lipinski definition) is 4. The zero-order valence-electron chi connectivity index (χ0n) is 8.04. The van der Waals surface area contributed by atoms with E-state index < -0.39 is 0 Å². The third kappa shape index (κ3) is 1.72. The number of hydrogen-bond donors (Lipinski definition) is 2. The van der Waals surface area contributed by atoms with Crippen molar-refractivity contribution >= 4 is 22.4 Å². The van der Waals surface area contributed by atoms with Gasteiger partial charge in [0.2, 0.25) is 0 Å². The fraction of sp³-hybridized carbons (Fsp3) is 0.556. The monoisotopic (exact) mass is 211 g/mol. The van der Waals surface area contributed by atoms with Crippen LogP contribution in [0.1, 0.15) is 36.7 Å². The van der Waals surface area contributed by atoms with Crippen molar-refractivity contribution in [3.63, 3.8) is 0 Å². The molecule has 1 amide bonds. The van der Waals surface area contributed by atoms with Crippen molar-refractivity contribution in [3.05, 3.63) is 11.1 Å². The number of nitrogens with zero attached hydrogens (tertiary/aromatic N) is 1. The van der Waals surface area contributed by atoms with Crippen LogP contribution >= 0.6 is 11.3 Å². The molecule has 1 aliphatic carbocycles. The first-order valence-electron chi connectivity index (χ1n) is 4.63. The van der Waals surface area contributed by atoms with Gasteiger partial charge in [0.25, 0.3) is 5.91 Å². The van der Waals surface area contributed by atoms with Crippen molar-refractivity contribution < 1.29 is 4.79 Å². The molecule has 0 spiro atoms. The summed E-state index contributed by atoms with van der Waals surface area (Å²) >= 11 is 1.29. The van der Waals surface area contributed by atoms with Crippen LogP contribution in [-0.4, -0.2) is 16.4 Å². The van der Waals surface area contributed by atoms with Gasteiger partial charge in [-0.2, -0.15) is 0 Å². The van der Waals surface area contributed by atoms with E-state index in [2.05, 4.69) is 17.2 Å². The van der Waals surface area contributed by atoms with Crippen molar-refractivity contribution in [2.45, 2.75) is 31.7 Å². The normalized spacial score (nSPS) is 18.6. The Kier molecular flexibility index (Phi) is 2.19. The van der Waals surface area contributed by atoms with E-state index in [4.69, 9.17) is 5.73 Å².